The second-order valence-corrected chi connectivity index (χ2v) is 7.93. The zero-order chi connectivity index (χ0) is 24.3. The fraction of sp³-hybridized carbons (Fsp3) is 0.360. The maximum absolute atomic E-state index is 12.4. The number of rotatable bonds is 11. The van der Waals surface area contributed by atoms with Gasteiger partial charge in [-0.25, -0.2) is 4.79 Å². The Balaban J connectivity index is 1.58. The van der Waals surface area contributed by atoms with Gasteiger partial charge >= 0.3 is 12.1 Å². The Kier molecular flexibility index (Phi) is 9.02. The van der Waals surface area contributed by atoms with E-state index in [1.54, 1.807) is 7.11 Å². The number of amides is 1. The fourth-order valence-corrected chi connectivity index (χ4v) is 3.30. The highest BCUT2D eigenvalue weighted by atomic mass is 16.6. The van der Waals surface area contributed by atoms with Gasteiger partial charge in [0.05, 0.1) is 19.6 Å². The number of hydrogen-bond donors (Lipinski definition) is 1. The van der Waals surface area contributed by atoms with Crippen LogP contribution in [0.4, 0.5) is 4.79 Å². The van der Waals surface area contributed by atoms with Crippen molar-refractivity contribution in [1.82, 2.24) is 15.5 Å². The molecule has 0 aliphatic heterocycles. The summed E-state index contributed by atoms with van der Waals surface area (Å²) in [4.78, 5) is 28.2. The average molecular weight is 468 g/mol. The number of carbonyl (C=O) groups excluding carboxylic acids is 2. The third kappa shape index (κ3) is 7.91. The number of methoxy groups -OCH3 is 1. The SMILES string of the molecule is COc1cccc(Cc2nc(CC(C)C(COC(C)=O)NC(=O)OCc3ccccc3)no2)c1. The Hall–Kier alpha value is -3.88. The monoisotopic (exact) mass is 467 g/mol. The Morgan fingerprint density at radius 2 is 1.82 bits per heavy atom. The van der Waals surface area contributed by atoms with Crippen LogP contribution in [0.1, 0.15) is 36.7 Å². The van der Waals surface area contributed by atoms with Crippen LogP contribution in [0.2, 0.25) is 0 Å². The second-order valence-electron chi connectivity index (χ2n) is 7.93. The largest absolute Gasteiger partial charge is 0.497 e. The molecule has 0 saturated heterocycles. The Labute approximate surface area is 198 Å². The van der Waals surface area contributed by atoms with E-state index in [1.807, 2.05) is 61.5 Å². The summed E-state index contributed by atoms with van der Waals surface area (Å²) >= 11 is 0. The number of benzene rings is 2. The highest BCUT2D eigenvalue weighted by molar-refractivity contribution is 5.68. The molecule has 34 heavy (non-hydrogen) atoms. The number of esters is 1. The summed E-state index contributed by atoms with van der Waals surface area (Å²) in [6.07, 6.45) is 0.283. The van der Waals surface area contributed by atoms with E-state index in [0.717, 1.165) is 16.9 Å². The predicted octanol–water partition coefficient (Wildman–Crippen LogP) is 3.71. The maximum atomic E-state index is 12.4. The molecule has 2 unspecified atom stereocenters. The zero-order valence-corrected chi connectivity index (χ0v) is 19.5. The molecule has 3 aromatic rings. The molecule has 0 fully saturated rings. The lowest BCUT2D eigenvalue weighted by atomic mass is 9.98. The Morgan fingerprint density at radius 3 is 2.56 bits per heavy atom. The smallest absolute Gasteiger partial charge is 0.407 e. The van der Waals surface area contributed by atoms with Gasteiger partial charge < -0.3 is 24.1 Å². The van der Waals surface area contributed by atoms with Crippen molar-refractivity contribution in [3.8, 4) is 5.75 Å². The van der Waals surface area contributed by atoms with Crippen molar-refractivity contribution in [1.29, 1.82) is 0 Å². The van der Waals surface area contributed by atoms with E-state index in [9.17, 15) is 9.59 Å². The number of ether oxygens (including phenoxy) is 3. The van der Waals surface area contributed by atoms with Crippen molar-refractivity contribution in [3.05, 3.63) is 77.4 Å². The third-order valence-electron chi connectivity index (χ3n) is 5.17. The molecule has 9 nitrogen and oxygen atoms in total. The molecule has 0 spiro atoms. The van der Waals surface area contributed by atoms with Crippen LogP contribution in [0.25, 0.3) is 0 Å². The van der Waals surface area contributed by atoms with E-state index >= 15 is 0 Å². The van der Waals surface area contributed by atoms with Gasteiger partial charge in [-0.15, -0.1) is 0 Å². The van der Waals surface area contributed by atoms with Gasteiger partial charge in [0, 0.05) is 13.3 Å². The van der Waals surface area contributed by atoms with Gasteiger partial charge in [0.2, 0.25) is 5.89 Å². The van der Waals surface area contributed by atoms with Crippen molar-refractivity contribution in [2.45, 2.75) is 39.3 Å². The standard InChI is InChI=1S/C25H29N3O6/c1-17(12-23-27-24(34-28-23)14-20-10-7-11-21(13-20)31-3)22(16-32-18(2)29)26-25(30)33-15-19-8-5-4-6-9-19/h4-11,13,17,22H,12,14-16H2,1-3H3,(H,26,30). The summed E-state index contributed by atoms with van der Waals surface area (Å²) in [7, 11) is 1.61. The van der Waals surface area contributed by atoms with Crippen LogP contribution in [-0.4, -0.2) is 42.0 Å². The Bertz CT molecular complexity index is 1070. The second kappa shape index (κ2) is 12.4. The molecule has 1 amide bonds. The van der Waals surface area contributed by atoms with Gasteiger partial charge in [0.15, 0.2) is 5.82 Å². The van der Waals surface area contributed by atoms with E-state index in [-0.39, 0.29) is 19.1 Å². The van der Waals surface area contributed by atoms with Crippen molar-refractivity contribution in [2.24, 2.45) is 5.92 Å². The number of aromatic nitrogens is 2. The van der Waals surface area contributed by atoms with Crippen LogP contribution < -0.4 is 10.1 Å². The van der Waals surface area contributed by atoms with Gasteiger partial charge in [-0.1, -0.05) is 54.5 Å². The van der Waals surface area contributed by atoms with Crippen LogP contribution in [-0.2, 0) is 33.7 Å². The molecule has 180 valence electrons. The molecular weight excluding hydrogens is 438 g/mol. The normalized spacial score (nSPS) is 12.4. The van der Waals surface area contributed by atoms with Crippen molar-refractivity contribution in [3.63, 3.8) is 0 Å². The highest BCUT2D eigenvalue weighted by Gasteiger charge is 2.24. The van der Waals surface area contributed by atoms with Crippen LogP contribution in [0.15, 0.2) is 59.1 Å². The molecule has 1 aromatic heterocycles. The topological polar surface area (TPSA) is 113 Å². The van der Waals surface area contributed by atoms with E-state index in [4.69, 9.17) is 18.7 Å². The zero-order valence-electron chi connectivity index (χ0n) is 19.5. The van der Waals surface area contributed by atoms with Crippen LogP contribution in [0.5, 0.6) is 5.75 Å². The molecule has 1 N–H and O–H groups in total. The van der Waals surface area contributed by atoms with Crippen molar-refractivity contribution < 1.29 is 28.3 Å². The van der Waals surface area contributed by atoms with Gasteiger partial charge in [0.25, 0.3) is 0 Å². The number of carbonyl (C=O) groups is 2. The lowest BCUT2D eigenvalue weighted by Crippen LogP contribution is -2.44. The minimum Gasteiger partial charge on any atom is -0.497 e. The third-order valence-corrected chi connectivity index (χ3v) is 5.17. The summed E-state index contributed by atoms with van der Waals surface area (Å²) in [6.45, 7) is 3.37. The van der Waals surface area contributed by atoms with Crippen LogP contribution in [0, 0.1) is 5.92 Å². The van der Waals surface area contributed by atoms with Crippen molar-refractivity contribution in [2.75, 3.05) is 13.7 Å². The highest BCUT2D eigenvalue weighted by Crippen LogP contribution is 2.17. The summed E-state index contributed by atoms with van der Waals surface area (Å²) in [5.74, 6) is 1.13. The predicted molar refractivity (Wildman–Crippen MR) is 123 cm³/mol. The van der Waals surface area contributed by atoms with E-state index in [0.29, 0.717) is 24.6 Å². The first-order valence-corrected chi connectivity index (χ1v) is 11.0. The number of alkyl carbamates (subject to hydrolysis) is 1. The van der Waals surface area contributed by atoms with Crippen LogP contribution >= 0.6 is 0 Å². The lowest BCUT2D eigenvalue weighted by molar-refractivity contribution is -0.142. The Morgan fingerprint density at radius 1 is 1.06 bits per heavy atom. The van der Waals surface area contributed by atoms with Gasteiger partial charge in [0.1, 0.15) is 19.0 Å². The molecular formula is C25H29N3O6. The molecule has 2 atom stereocenters. The van der Waals surface area contributed by atoms with Gasteiger partial charge in [-0.3, -0.25) is 4.79 Å². The summed E-state index contributed by atoms with van der Waals surface area (Å²) in [5, 5.41) is 6.84. The molecule has 9 heteroatoms. The quantitative estimate of drug-likeness (QED) is 0.425. The molecule has 3 rings (SSSR count). The first-order chi connectivity index (χ1) is 16.4. The summed E-state index contributed by atoms with van der Waals surface area (Å²) in [6, 6.07) is 16.5. The number of hydrogen-bond acceptors (Lipinski definition) is 8. The van der Waals surface area contributed by atoms with E-state index in [2.05, 4.69) is 15.5 Å². The minimum atomic E-state index is -0.598. The molecule has 0 radical (unpaired) electrons. The molecule has 0 saturated carbocycles. The van der Waals surface area contributed by atoms with Crippen LogP contribution in [0.3, 0.4) is 0 Å². The molecule has 1 heterocycles. The number of nitrogens with one attached hydrogen (secondary N) is 1. The molecule has 2 aromatic carbocycles. The minimum absolute atomic E-state index is 0.00541. The molecule has 0 aliphatic rings. The lowest BCUT2D eigenvalue weighted by Gasteiger charge is -2.23. The first-order valence-electron chi connectivity index (χ1n) is 11.0. The molecule has 0 aliphatic carbocycles. The number of nitrogens with zero attached hydrogens (tertiary/aromatic N) is 2. The first kappa shape index (κ1) is 24.8. The van der Waals surface area contributed by atoms with Gasteiger partial charge in [-0.2, -0.15) is 4.98 Å². The molecule has 0 bridgehead atoms. The average Bonchev–Trinajstić information content (AvgIpc) is 3.27. The van der Waals surface area contributed by atoms with Gasteiger partial charge in [-0.05, 0) is 29.2 Å². The van der Waals surface area contributed by atoms with E-state index < -0.39 is 18.1 Å². The summed E-state index contributed by atoms with van der Waals surface area (Å²) in [5.41, 5.74) is 1.86. The van der Waals surface area contributed by atoms with Crippen molar-refractivity contribution >= 4 is 12.1 Å². The maximum Gasteiger partial charge on any atom is 0.407 e. The fourth-order valence-electron chi connectivity index (χ4n) is 3.30. The van der Waals surface area contributed by atoms with E-state index in [1.165, 1.54) is 6.92 Å². The summed E-state index contributed by atoms with van der Waals surface area (Å²) < 4.78 is 21.1.